The van der Waals surface area contributed by atoms with E-state index in [0.717, 1.165) is 5.92 Å². The molecule has 0 spiro atoms. The second-order valence-corrected chi connectivity index (χ2v) is 5.99. The van der Waals surface area contributed by atoms with Crippen LogP contribution in [0.1, 0.15) is 32.1 Å². The lowest BCUT2D eigenvalue weighted by Gasteiger charge is -2.31. The average Bonchev–Trinajstić information content (AvgIpc) is 2.83. The van der Waals surface area contributed by atoms with Crippen molar-refractivity contribution in [2.75, 3.05) is 44.6 Å². The predicted octanol–water partition coefficient (Wildman–Crippen LogP) is 2.58. The molecule has 0 saturated carbocycles. The van der Waals surface area contributed by atoms with E-state index in [1.807, 2.05) is 0 Å². The highest BCUT2D eigenvalue weighted by Gasteiger charge is 2.18. The molecule has 16 heavy (non-hydrogen) atoms. The molecule has 2 saturated heterocycles. The van der Waals surface area contributed by atoms with Crippen molar-refractivity contribution < 1.29 is 0 Å². The first-order valence-electron chi connectivity index (χ1n) is 6.89. The maximum absolute atomic E-state index is 3.60. The third-order valence-electron chi connectivity index (χ3n) is 4.07. The van der Waals surface area contributed by atoms with Crippen molar-refractivity contribution in [3.05, 3.63) is 0 Å². The van der Waals surface area contributed by atoms with E-state index in [0.29, 0.717) is 0 Å². The van der Waals surface area contributed by atoms with Gasteiger partial charge in [0.15, 0.2) is 0 Å². The number of piperidine rings is 1. The summed E-state index contributed by atoms with van der Waals surface area (Å²) in [6.45, 7) is 8.02. The van der Waals surface area contributed by atoms with Gasteiger partial charge in [-0.05, 0) is 77.3 Å². The Hall–Kier alpha value is 0.400. The second-order valence-electron chi connectivity index (χ2n) is 5.34. The van der Waals surface area contributed by atoms with Gasteiger partial charge in [-0.2, -0.15) is 0 Å². The van der Waals surface area contributed by atoms with Crippen molar-refractivity contribution in [1.82, 2.24) is 9.80 Å². The van der Waals surface area contributed by atoms with E-state index >= 15 is 0 Å². The van der Waals surface area contributed by atoms with Gasteiger partial charge in [-0.3, -0.25) is 0 Å². The molecule has 0 aromatic rings. The van der Waals surface area contributed by atoms with Crippen LogP contribution in [0, 0.1) is 5.92 Å². The summed E-state index contributed by atoms with van der Waals surface area (Å²) in [5, 5.41) is 1.20. The van der Waals surface area contributed by atoms with Crippen LogP contribution in [0.15, 0.2) is 0 Å². The Balaban J connectivity index is 1.53. The second kappa shape index (κ2) is 6.97. The number of nitrogens with zero attached hydrogens (tertiary/aromatic N) is 2. The monoisotopic (exact) mass is 288 g/mol. The molecule has 3 heteroatoms. The molecule has 0 radical (unpaired) electrons. The summed E-state index contributed by atoms with van der Waals surface area (Å²) in [6.07, 6.45) is 7.02. The number of hydrogen-bond acceptors (Lipinski definition) is 2. The fraction of sp³-hybridized carbons (Fsp3) is 1.00. The van der Waals surface area contributed by atoms with Gasteiger partial charge in [-0.1, -0.05) is 15.9 Å². The minimum absolute atomic E-state index is 0.940. The van der Waals surface area contributed by atoms with E-state index in [2.05, 4.69) is 25.7 Å². The normalized spacial score (nSPS) is 25.3. The Morgan fingerprint density at radius 2 is 1.44 bits per heavy atom. The van der Waals surface area contributed by atoms with Crippen LogP contribution < -0.4 is 0 Å². The number of rotatable bonds is 5. The van der Waals surface area contributed by atoms with Gasteiger partial charge in [0.25, 0.3) is 0 Å². The third-order valence-corrected chi connectivity index (χ3v) is 4.99. The molecule has 0 unspecified atom stereocenters. The van der Waals surface area contributed by atoms with E-state index < -0.39 is 0 Å². The van der Waals surface area contributed by atoms with Crippen LogP contribution in [0.5, 0.6) is 0 Å². The molecule has 0 atom stereocenters. The molecule has 0 aliphatic carbocycles. The predicted molar refractivity (Wildman–Crippen MR) is 73.2 cm³/mol. The first kappa shape index (κ1) is 12.8. The summed E-state index contributed by atoms with van der Waals surface area (Å²) in [5.41, 5.74) is 0. The topological polar surface area (TPSA) is 6.48 Å². The zero-order valence-electron chi connectivity index (χ0n) is 10.3. The van der Waals surface area contributed by atoms with E-state index in [1.165, 1.54) is 76.7 Å². The van der Waals surface area contributed by atoms with Crippen LogP contribution in [0.3, 0.4) is 0 Å². The Bertz CT molecular complexity index is 184. The highest BCUT2D eigenvalue weighted by Crippen LogP contribution is 2.19. The molecule has 2 heterocycles. The standard InChI is InChI=1S/C13H25BrN2/c14-12-13-4-10-16(11-5-13)9-3-8-15-6-1-2-7-15/h13H,1-12H2. The minimum Gasteiger partial charge on any atom is -0.303 e. The molecular formula is C13H25BrN2. The number of alkyl halides is 1. The molecule has 0 bridgehead atoms. The van der Waals surface area contributed by atoms with Gasteiger partial charge >= 0.3 is 0 Å². The first-order chi connectivity index (χ1) is 7.88. The van der Waals surface area contributed by atoms with Gasteiger partial charge in [-0.15, -0.1) is 0 Å². The van der Waals surface area contributed by atoms with Gasteiger partial charge in [0.2, 0.25) is 0 Å². The molecule has 2 nitrogen and oxygen atoms in total. The smallest absolute Gasteiger partial charge is 0.00606 e. The number of hydrogen-bond donors (Lipinski definition) is 0. The lowest BCUT2D eigenvalue weighted by molar-refractivity contribution is 0.184. The molecule has 2 rings (SSSR count). The quantitative estimate of drug-likeness (QED) is 0.718. The lowest BCUT2D eigenvalue weighted by atomic mass is 9.99. The van der Waals surface area contributed by atoms with Crippen molar-refractivity contribution in [2.45, 2.75) is 32.1 Å². The molecule has 2 fully saturated rings. The van der Waals surface area contributed by atoms with Crippen LogP contribution in [0.4, 0.5) is 0 Å². The van der Waals surface area contributed by atoms with Gasteiger partial charge in [0.05, 0.1) is 0 Å². The summed E-state index contributed by atoms with van der Waals surface area (Å²) >= 11 is 3.60. The third kappa shape index (κ3) is 4.01. The van der Waals surface area contributed by atoms with Crippen LogP contribution in [0.2, 0.25) is 0 Å². The molecule has 2 aliphatic heterocycles. The zero-order valence-corrected chi connectivity index (χ0v) is 11.9. The first-order valence-corrected chi connectivity index (χ1v) is 8.01. The largest absolute Gasteiger partial charge is 0.303 e. The van der Waals surface area contributed by atoms with Gasteiger partial charge < -0.3 is 9.80 Å². The van der Waals surface area contributed by atoms with Gasteiger partial charge in [0.1, 0.15) is 0 Å². The number of likely N-dealkylation sites (tertiary alicyclic amines) is 2. The molecular weight excluding hydrogens is 264 g/mol. The van der Waals surface area contributed by atoms with Crippen molar-refractivity contribution in [2.24, 2.45) is 5.92 Å². The summed E-state index contributed by atoms with van der Waals surface area (Å²) in [4.78, 5) is 5.29. The summed E-state index contributed by atoms with van der Waals surface area (Å²) in [7, 11) is 0. The summed E-state index contributed by atoms with van der Waals surface area (Å²) in [5.74, 6) is 0.940. The Labute approximate surface area is 108 Å². The van der Waals surface area contributed by atoms with E-state index in [-0.39, 0.29) is 0 Å². The van der Waals surface area contributed by atoms with Crippen molar-refractivity contribution in [1.29, 1.82) is 0 Å². The van der Waals surface area contributed by atoms with Crippen molar-refractivity contribution in [3.63, 3.8) is 0 Å². The van der Waals surface area contributed by atoms with Crippen LogP contribution in [0.25, 0.3) is 0 Å². The van der Waals surface area contributed by atoms with E-state index in [1.54, 1.807) is 0 Å². The highest BCUT2D eigenvalue weighted by atomic mass is 79.9. The van der Waals surface area contributed by atoms with Crippen LogP contribution in [-0.4, -0.2) is 54.4 Å². The van der Waals surface area contributed by atoms with E-state index in [9.17, 15) is 0 Å². The fourth-order valence-electron chi connectivity index (χ4n) is 2.89. The minimum atomic E-state index is 0.940. The molecule has 2 aliphatic rings. The average molecular weight is 289 g/mol. The Morgan fingerprint density at radius 1 is 0.875 bits per heavy atom. The summed E-state index contributed by atoms with van der Waals surface area (Å²) < 4.78 is 0. The Morgan fingerprint density at radius 3 is 2.00 bits per heavy atom. The highest BCUT2D eigenvalue weighted by molar-refractivity contribution is 9.09. The lowest BCUT2D eigenvalue weighted by Crippen LogP contribution is -2.36. The van der Waals surface area contributed by atoms with Crippen LogP contribution in [-0.2, 0) is 0 Å². The van der Waals surface area contributed by atoms with Gasteiger partial charge in [0, 0.05) is 5.33 Å². The maximum Gasteiger partial charge on any atom is 0.00606 e. The molecule has 0 N–H and O–H groups in total. The summed E-state index contributed by atoms with van der Waals surface area (Å²) in [6, 6.07) is 0. The van der Waals surface area contributed by atoms with Crippen molar-refractivity contribution in [3.8, 4) is 0 Å². The van der Waals surface area contributed by atoms with Crippen LogP contribution >= 0.6 is 15.9 Å². The number of halogens is 1. The van der Waals surface area contributed by atoms with Gasteiger partial charge in [-0.25, -0.2) is 0 Å². The molecule has 0 aromatic heterocycles. The Kier molecular flexibility index (Phi) is 5.60. The maximum atomic E-state index is 3.60. The zero-order chi connectivity index (χ0) is 11.2. The van der Waals surface area contributed by atoms with Crippen molar-refractivity contribution >= 4 is 15.9 Å². The molecule has 0 amide bonds. The van der Waals surface area contributed by atoms with E-state index in [4.69, 9.17) is 0 Å². The molecule has 94 valence electrons. The molecule has 0 aromatic carbocycles. The SMILES string of the molecule is BrCC1CCN(CCCN2CCCC2)CC1. The fourth-order valence-corrected chi connectivity index (χ4v) is 3.54.